The minimum Gasteiger partial charge on any atom is -0.480 e. The Morgan fingerprint density at radius 1 is 1.40 bits per heavy atom. The lowest BCUT2D eigenvalue weighted by atomic mass is 9.93. The van der Waals surface area contributed by atoms with E-state index in [0.29, 0.717) is 0 Å². The third-order valence-electron chi connectivity index (χ3n) is 2.92. The lowest BCUT2D eigenvalue weighted by Gasteiger charge is -2.29. The Balaban J connectivity index is 0.00000196. The van der Waals surface area contributed by atoms with Crippen LogP contribution in [-0.4, -0.2) is 26.7 Å². The molecular weight excluding hydrogens is 234 g/mol. The maximum atomic E-state index is 11.1. The predicted octanol–water partition coefficient (Wildman–Crippen LogP) is 2.49. The Labute approximate surface area is 102 Å². The van der Waals surface area contributed by atoms with Gasteiger partial charge in [0.1, 0.15) is 6.04 Å². The first-order valence-electron chi connectivity index (χ1n) is 5.07. The van der Waals surface area contributed by atoms with Crippen molar-refractivity contribution >= 4 is 30.1 Å². The molecule has 0 aromatic heterocycles. The van der Waals surface area contributed by atoms with Crippen LogP contribution < -0.4 is 5.32 Å². The fourth-order valence-electron chi connectivity index (χ4n) is 2.17. The van der Waals surface area contributed by atoms with Gasteiger partial charge in [-0.2, -0.15) is 0 Å². The molecule has 2 N–H and O–H groups in total. The first-order chi connectivity index (χ1) is 6.37. The number of aliphatic carboxylic acids is 1. The molecule has 1 unspecified atom stereocenters. The molecule has 1 atom stereocenters. The summed E-state index contributed by atoms with van der Waals surface area (Å²) in [4.78, 5) is 11.0. The molecule has 1 aliphatic heterocycles. The number of carboxylic acid groups (broad SMARTS) is 1. The van der Waals surface area contributed by atoms with Crippen molar-refractivity contribution in [2.24, 2.45) is 0 Å². The summed E-state index contributed by atoms with van der Waals surface area (Å²) < 4.78 is -0.144. The summed E-state index contributed by atoms with van der Waals surface area (Å²) in [6, 6.07) is -0.419. The third-order valence-corrected chi connectivity index (χ3v) is 4.77. The summed E-state index contributed by atoms with van der Waals surface area (Å²) in [5.41, 5.74) is 0. The van der Waals surface area contributed by atoms with Gasteiger partial charge >= 0.3 is 5.97 Å². The van der Waals surface area contributed by atoms with E-state index in [0.717, 1.165) is 12.8 Å². The van der Waals surface area contributed by atoms with Gasteiger partial charge in [-0.25, -0.2) is 0 Å². The fraction of sp³-hybridized carbons (Fsp3) is 0.900. The molecule has 1 heterocycles. The molecule has 90 valence electrons. The molecule has 1 aliphatic rings. The van der Waals surface area contributed by atoms with Crippen LogP contribution in [0.2, 0.25) is 0 Å². The second kappa shape index (κ2) is 4.93. The molecule has 1 rings (SSSR count). The highest BCUT2D eigenvalue weighted by atomic mass is 35.5. The van der Waals surface area contributed by atoms with Gasteiger partial charge in [-0.15, -0.1) is 24.2 Å². The molecule has 5 heteroatoms. The van der Waals surface area contributed by atoms with Crippen LogP contribution in [0.15, 0.2) is 0 Å². The summed E-state index contributed by atoms with van der Waals surface area (Å²) in [7, 11) is 0. The lowest BCUT2D eigenvalue weighted by Crippen LogP contribution is -2.48. The van der Waals surface area contributed by atoms with Crippen molar-refractivity contribution in [2.75, 3.05) is 0 Å². The topological polar surface area (TPSA) is 49.3 Å². The molecule has 0 aliphatic carbocycles. The van der Waals surface area contributed by atoms with Gasteiger partial charge in [0.2, 0.25) is 0 Å². The molecule has 0 aromatic carbocycles. The largest absolute Gasteiger partial charge is 0.480 e. The Bertz CT molecular complexity index is 242. The van der Waals surface area contributed by atoms with E-state index in [4.69, 9.17) is 5.11 Å². The van der Waals surface area contributed by atoms with Gasteiger partial charge in [0.25, 0.3) is 0 Å². The average Bonchev–Trinajstić information content (AvgIpc) is 2.38. The van der Waals surface area contributed by atoms with Crippen molar-refractivity contribution in [3.05, 3.63) is 0 Å². The van der Waals surface area contributed by atoms with E-state index in [1.807, 2.05) is 13.8 Å². The number of rotatable bonds is 3. The Morgan fingerprint density at radius 2 is 1.87 bits per heavy atom. The predicted molar refractivity (Wildman–Crippen MR) is 66.8 cm³/mol. The molecule has 0 bridgehead atoms. The second-order valence-corrected chi connectivity index (χ2v) is 6.34. The zero-order chi connectivity index (χ0) is 11.0. The summed E-state index contributed by atoms with van der Waals surface area (Å²) in [5, 5.41) is 12.4. The summed E-state index contributed by atoms with van der Waals surface area (Å²) >= 11 is 1.76. The normalized spacial score (nSPS) is 27.1. The maximum Gasteiger partial charge on any atom is 0.322 e. The molecule has 1 saturated heterocycles. The van der Waals surface area contributed by atoms with Gasteiger partial charge in [-0.1, -0.05) is 13.8 Å². The molecule has 0 aromatic rings. The van der Waals surface area contributed by atoms with E-state index < -0.39 is 12.0 Å². The molecule has 15 heavy (non-hydrogen) atoms. The van der Waals surface area contributed by atoms with E-state index >= 15 is 0 Å². The molecule has 3 nitrogen and oxygen atoms in total. The number of halogens is 1. The number of carboxylic acids is 1. The van der Waals surface area contributed by atoms with Crippen LogP contribution in [-0.2, 0) is 4.79 Å². The third kappa shape index (κ3) is 2.80. The Hall–Kier alpha value is 0.0700. The van der Waals surface area contributed by atoms with Crippen molar-refractivity contribution in [1.29, 1.82) is 0 Å². The van der Waals surface area contributed by atoms with Gasteiger partial charge in [0.15, 0.2) is 0 Å². The monoisotopic (exact) mass is 253 g/mol. The zero-order valence-electron chi connectivity index (χ0n) is 9.66. The number of nitrogens with one attached hydrogen (secondary N) is 1. The number of hydrogen-bond donors (Lipinski definition) is 2. The summed E-state index contributed by atoms with van der Waals surface area (Å²) in [5.74, 6) is -0.730. The minimum atomic E-state index is -0.730. The van der Waals surface area contributed by atoms with Crippen LogP contribution in [0.3, 0.4) is 0 Å². The SMILES string of the molecule is CCC1(CC)SC(C)(C)NC1C(=O)O.Cl. The van der Waals surface area contributed by atoms with E-state index in [1.54, 1.807) is 11.8 Å². The van der Waals surface area contributed by atoms with E-state index in [2.05, 4.69) is 19.2 Å². The van der Waals surface area contributed by atoms with Crippen molar-refractivity contribution in [2.45, 2.75) is 56.2 Å². The minimum absolute atomic E-state index is 0. The molecule has 0 spiro atoms. The van der Waals surface area contributed by atoms with E-state index in [1.165, 1.54) is 0 Å². The Morgan fingerprint density at radius 3 is 2.13 bits per heavy atom. The second-order valence-electron chi connectivity index (χ2n) is 4.30. The van der Waals surface area contributed by atoms with Crippen molar-refractivity contribution in [3.63, 3.8) is 0 Å². The van der Waals surface area contributed by atoms with E-state index in [9.17, 15) is 4.79 Å². The van der Waals surface area contributed by atoms with Crippen LogP contribution in [0, 0.1) is 0 Å². The standard InChI is InChI=1S/C10H19NO2S.ClH/c1-5-10(6-2)7(8(12)13)11-9(3,4)14-10;/h7,11H,5-6H2,1-4H3,(H,12,13);1H. The van der Waals surface area contributed by atoms with Crippen molar-refractivity contribution < 1.29 is 9.90 Å². The Kier molecular flexibility index (Phi) is 4.96. The van der Waals surface area contributed by atoms with Crippen LogP contribution >= 0.6 is 24.2 Å². The highest BCUT2D eigenvalue weighted by molar-refractivity contribution is 8.02. The van der Waals surface area contributed by atoms with Crippen molar-refractivity contribution in [3.8, 4) is 0 Å². The van der Waals surface area contributed by atoms with Gasteiger partial charge in [0.05, 0.1) is 4.87 Å². The maximum absolute atomic E-state index is 11.1. The highest BCUT2D eigenvalue weighted by Crippen LogP contribution is 2.48. The smallest absolute Gasteiger partial charge is 0.322 e. The van der Waals surface area contributed by atoms with Gasteiger partial charge in [-0.05, 0) is 26.7 Å². The molecule has 0 amide bonds. The van der Waals surface area contributed by atoms with Crippen molar-refractivity contribution in [1.82, 2.24) is 5.32 Å². The lowest BCUT2D eigenvalue weighted by molar-refractivity contribution is -0.140. The van der Waals surface area contributed by atoms with Gasteiger partial charge in [0, 0.05) is 4.75 Å². The summed E-state index contributed by atoms with van der Waals surface area (Å²) in [6.45, 7) is 8.21. The van der Waals surface area contributed by atoms with Crippen LogP contribution in [0.5, 0.6) is 0 Å². The van der Waals surface area contributed by atoms with Gasteiger partial charge in [-0.3, -0.25) is 10.1 Å². The number of thioether (sulfide) groups is 1. The fourth-order valence-corrected chi connectivity index (χ4v) is 3.92. The molecular formula is C10H20ClNO2S. The first kappa shape index (κ1) is 15.1. The van der Waals surface area contributed by atoms with Crippen LogP contribution in [0.1, 0.15) is 40.5 Å². The first-order valence-corrected chi connectivity index (χ1v) is 5.89. The quantitative estimate of drug-likeness (QED) is 0.812. The average molecular weight is 254 g/mol. The number of carbonyl (C=O) groups is 1. The highest BCUT2D eigenvalue weighted by Gasteiger charge is 2.52. The molecule has 1 fully saturated rings. The van der Waals surface area contributed by atoms with Gasteiger partial charge < -0.3 is 5.11 Å². The molecule has 0 radical (unpaired) electrons. The van der Waals surface area contributed by atoms with Crippen LogP contribution in [0.25, 0.3) is 0 Å². The summed E-state index contributed by atoms with van der Waals surface area (Å²) in [6.07, 6.45) is 1.78. The van der Waals surface area contributed by atoms with Crippen LogP contribution in [0.4, 0.5) is 0 Å². The van der Waals surface area contributed by atoms with E-state index in [-0.39, 0.29) is 22.0 Å². The zero-order valence-corrected chi connectivity index (χ0v) is 11.3. The molecule has 0 saturated carbocycles. The number of hydrogen-bond acceptors (Lipinski definition) is 3.